The van der Waals surface area contributed by atoms with Gasteiger partial charge in [0, 0.05) is 37.0 Å². The molecule has 1 atom stereocenters. The predicted molar refractivity (Wildman–Crippen MR) is 125 cm³/mol. The number of hydrogen-bond acceptors (Lipinski definition) is 7. The lowest BCUT2D eigenvalue weighted by atomic mass is 10.1. The van der Waals surface area contributed by atoms with Crippen molar-refractivity contribution >= 4 is 45.6 Å². The summed E-state index contributed by atoms with van der Waals surface area (Å²) in [4.78, 5) is 44.3. The first kappa shape index (κ1) is 23.4. The Bertz CT molecular complexity index is 1230. The number of ether oxygens (including phenoxy) is 2. The van der Waals surface area contributed by atoms with Crippen molar-refractivity contribution in [2.75, 3.05) is 23.5 Å². The summed E-state index contributed by atoms with van der Waals surface area (Å²) < 4.78 is 24.8. The number of benzene rings is 2. The summed E-state index contributed by atoms with van der Waals surface area (Å²) >= 11 is 1.14. The molecule has 3 aromatic rings. The number of hydrogen-bond donors (Lipinski definition) is 0. The van der Waals surface area contributed by atoms with Gasteiger partial charge in [-0.3, -0.25) is 19.3 Å². The van der Waals surface area contributed by atoms with Crippen molar-refractivity contribution in [3.63, 3.8) is 0 Å². The molecule has 1 aliphatic rings. The Morgan fingerprint density at radius 1 is 1.24 bits per heavy atom. The lowest BCUT2D eigenvalue weighted by Gasteiger charge is -2.18. The smallest absolute Gasteiger partial charge is 0.311 e. The van der Waals surface area contributed by atoms with Gasteiger partial charge in [0.05, 0.1) is 24.4 Å². The van der Waals surface area contributed by atoms with Crippen LogP contribution in [0.4, 0.5) is 20.9 Å². The number of para-hydroxylation sites is 1. The summed E-state index contributed by atoms with van der Waals surface area (Å²) in [6, 6.07) is 13.0. The van der Waals surface area contributed by atoms with Gasteiger partial charge in [0.25, 0.3) is 0 Å². The van der Waals surface area contributed by atoms with Gasteiger partial charge in [-0.05, 0) is 24.3 Å². The van der Waals surface area contributed by atoms with Crippen LogP contribution >= 0.6 is 11.3 Å². The van der Waals surface area contributed by atoms with E-state index in [4.69, 9.17) is 9.47 Å². The zero-order valence-electron chi connectivity index (χ0n) is 18.6. The number of carbonyl (C=O) groups is 3. The maximum atomic E-state index is 14.2. The van der Waals surface area contributed by atoms with Crippen LogP contribution < -0.4 is 14.5 Å². The molecule has 2 heterocycles. The van der Waals surface area contributed by atoms with Gasteiger partial charge in [-0.15, -0.1) is 11.3 Å². The summed E-state index contributed by atoms with van der Waals surface area (Å²) in [6.07, 6.45) is 0.0454. The molecule has 1 aliphatic heterocycles. The second kappa shape index (κ2) is 10.0. The minimum Gasteiger partial charge on any atom is -0.497 e. The highest BCUT2D eigenvalue weighted by Crippen LogP contribution is 2.32. The zero-order chi connectivity index (χ0) is 24.2. The van der Waals surface area contributed by atoms with E-state index in [2.05, 4.69) is 4.98 Å². The summed E-state index contributed by atoms with van der Waals surface area (Å²) in [5.74, 6) is -1.62. The van der Waals surface area contributed by atoms with Gasteiger partial charge in [0.2, 0.25) is 11.8 Å². The number of amides is 2. The molecule has 0 spiro atoms. The highest BCUT2D eigenvalue weighted by atomic mass is 32.1. The van der Waals surface area contributed by atoms with E-state index in [9.17, 15) is 18.8 Å². The molecule has 1 fully saturated rings. The third-order valence-electron chi connectivity index (χ3n) is 5.32. The van der Waals surface area contributed by atoms with Crippen LogP contribution in [0.2, 0.25) is 0 Å². The highest BCUT2D eigenvalue weighted by molar-refractivity contribution is 7.14. The third kappa shape index (κ3) is 4.91. The molecule has 2 amide bonds. The zero-order valence-corrected chi connectivity index (χ0v) is 19.4. The van der Waals surface area contributed by atoms with Crippen molar-refractivity contribution in [1.29, 1.82) is 0 Å². The van der Waals surface area contributed by atoms with E-state index >= 15 is 0 Å². The van der Waals surface area contributed by atoms with Crippen LogP contribution in [0.5, 0.6) is 5.75 Å². The maximum Gasteiger partial charge on any atom is 0.311 e. The van der Waals surface area contributed by atoms with E-state index < -0.39 is 23.6 Å². The Labute approximate surface area is 199 Å². The summed E-state index contributed by atoms with van der Waals surface area (Å²) in [6.45, 7) is 1.40. The van der Waals surface area contributed by atoms with E-state index in [0.29, 0.717) is 17.1 Å². The molecule has 2 aromatic carbocycles. The van der Waals surface area contributed by atoms with Crippen LogP contribution in [-0.2, 0) is 25.7 Å². The fraction of sp³-hybridized carbons (Fsp3) is 0.250. The SMILES string of the molecule is COc1cccc(N2CC(C(=O)OCc3csc(N(C(C)=O)c4ccccc4F)n3)CC2=O)c1. The maximum absolute atomic E-state index is 14.2. The van der Waals surface area contributed by atoms with Gasteiger partial charge in [-0.2, -0.15) is 0 Å². The van der Waals surface area contributed by atoms with Crippen molar-refractivity contribution in [2.24, 2.45) is 5.92 Å². The average Bonchev–Trinajstić information content (AvgIpc) is 3.45. The number of anilines is 3. The highest BCUT2D eigenvalue weighted by Gasteiger charge is 2.36. The van der Waals surface area contributed by atoms with E-state index in [1.54, 1.807) is 42.8 Å². The Morgan fingerprint density at radius 2 is 2.03 bits per heavy atom. The van der Waals surface area contributed by atoms with Crippen LogP contribution in [-0.4, -0.2) is 36.4 Å². The van der Waals surface area contributed by atoms with Crippen molar-refractivity contribution in [3.8, 4) is 5.75 Å². The Kier molecular flexibility index (Phi) is 6.87. The van der Waals surface area contributed by atoms with Gasteiger partial charge < -0.3 is 14.4 Å². The largest absolute Gasteiger partial charge is 0.497 e. The lowest BCUT2D eigenvalue weighted by molar-refractivity contribution is -0.149. The van der Waals surface area contributed by atoms with E-state index in [1.807, 2.05) is 0 Å². The number of thiazole rings is 1. The third-order valence-corrected chi connectivity index (χ3v) is 6.20. The molecule has 0 radical (unpaired) electrons. The van der Waals surface area contributed by atoms with E-state index in [-0.39, 0.29) is 36.3 Å². The minimum absolute atomic E-state index is 0.0454. The number of esters is 1. The number of halogens is 1. The fourth-order valence-corrected chi connectivity index (χ4v) is 4.53. The minimum atomic E-state index is -0.607. The Hall–Kier alpha value is -3.79. The molecule has 1 unspecified atom stereocenters. The molecule has 0 N–H and O–H groups in total. The molecular formula is C24H22FN3O5S. The molecule has 8 nitrogen and oxygen atoms in total. The van der Waals surface area contributed by atoms with E-state index in [1.165, 1.54) is 34.9 Å². The van der Waals surface area contributed by atoms with E-state index in [0.717, 1.165) is 11.3 Å². The Morgan fingerprint density at radius 3 is 2.76 bits per heavy atom. The van der Waals surface area contributed by atoms with Crippen molar-refractivity contribution < 1.29 is 28.2 Å². The van der Waals surface area contributed by atoms with Gasteiger partial charge in [0.15, 0.2) is 5.13 Å². The molecular weight excluding hydrogens is 461 g/mol. The van der Waals surface area contributed by atoms with Crippen molar-refractivity contribution in [3.05, 3.63) is 65.4 Å². The average molecular weight is 484 g/mol. The van der Waals surface area contributed by atoms with Crippen LogP contribution in [0.1, 0.15) is 19.0 Å². The van der Waals surface area contributed by atoms with Crippen LogP contribution in [0.25, 0.3) is 0 Å². The van der Waals surface area contributed by atoms with Crippen LogP contribution in [0, 0.1) is 11.7 Å². The molecule has 0 bridgehead atoms. The number of carbonyl (C=O) groups excluding carboxylic acids is 3. The topological polar surface area (TPSA) is 89.0 Å². The number of methoxy groups -OCH3 is 1. The summed E-state index contributed by atoms with van der Waals surface area (Å²) in [5.41, 5.74) is 1.17. The molecule has 34 heavy (non-hydrogen) atoms. The second-order valence-electron chi connectivity index (χ2n) is 7.64. The molecule has 176 valence electrons. The first-order valence-electron chi connectivity index (χ1n) is 10.5. The molecule has 1 saturated heterocycles. The van der Waals surface area contributed by atoms with Gasteiger partial charge in [0.1, 0.15) is 18.2 Å². The number of rotatable bonds is 7. The first-order valence-corrected chi connectivity index (χ1v) is 11.4. The standard InChI is InChI=1S/C24H22FN3O5S/c1-15(29)28(21-9-4-3-8-20(21)25)24-26-17(14-34-24)13-33-23(31)16-10-22(30)27(12-16)18-6-5-7-19(11-18)32-2/h3-9,11,14,16H,10,12-13H2,1-2H3. The van der Waals surface area contributed by atoms with Gasteiger partial charge in [-0.25, -0.2) is 9.37 Å². The molecule has 10 heteroatoms. The van der Waals surface area contributed by atoms with Crippen LogP contribution in [0.3, 0.4) is 0 Å². The molecule has 4 rings (SSSR count). The molecule has 1 aromatic heterocycles. The predicted octanol–water partition coefficient (Wildman–Crippen LogP) is 4.07. The van der Waals surface area contributed by atoms with Gasteiger partial charge >= 0.3 is 5.97 Å². The van der Waals surface area contributed by atoms with Crippen molar-refractivity contribution in [1.82, 2.24) is 4.98 Å². The van der Waals surface area contributed by atoms with Crippen molar-refractivity contribution in [2.45, 2.75) is 20.0 Å². The normalized spacial score (nSPS) is 15.3. The van der Waals surface area contributed by atoms with Gasteiger partial charge in [-0.1, -0.05) is 18.2 Å². The number of aromatic nitrogens is 1. The molecule has 0 saturated carbocycles. The summed E-state index contributed by atoms with van der Waals surface area (Å²) in [7, 11) is 1.54. The quantitative estimate of drug-likeness (QED) is 0.471. The Balaban J connectivity index is 1.40. The second-order valence-corrected chi connectivity index (χ2v) is 8.48. The monoisotopic (exact) mass is 483 g/mol. The fourth-order valence-electron chi connectivity index (χ4n) is 3.66. The summed E-state index contributed by atoms with van der Waals surface area (Å²) in [5, 5.41) is 1.91. The lowest BCUT2D eigenvalue weighted by Crippen LogP contribution is -2.26. The first-order chi connectivity index (χ1) is 16.4. The number of nitrogens with zero attached hydrogens (tertiary/aromatic N) is 3. The molecule has 0 aliphatic carbocycles. The van der Waals surface area contributed by atoms with Crippen LogP contribution in [0.15, 0.2) is 53.9 Å².